The van der Waals surface area contributed by atoms with Crippen LogP contribution < -0.4 is 10.6 Å². The molecule has 0 saturated carbocycles. The Kier molecular flexibility index (Phi) is 6.08. The third kappa shape index (κ3) is 4.00. The fourth-order valence-corrected chi connectivity index (χ4v) is 3.38. The molecule has 0 aliphatic rings. The number of ether oxygens (including phenoxy) is 1. The summed E-state index contributed by atoms with van der Waals surface area (Å²) < 4.78 is 5.09. The molecule has 2 aromatic rings. The van der Waals surface area contributed by atoms with Gasteiger partial charge in [-0.05, 0) is 32.8 Å². The second-order valence-corrected chi connectivity index (χ2v) is 6.28. The van der Waals surface area contributed by atoms with Crippen LogP contribution in [-0.4, -0.2) is 41.5 Å². The average molecular weight is 350 g/mol. The number of esters is 1. The first-order chi connectivity index (χ1) is 11.5. The Labute approximate surface area is 144 Å². The summed E-state index contributed by atoms with van der Waals surface area (Å²) >= 11 is 1.28. The lowest BCUT2D eigenvalue weighted by Crippen LogP contribution is -2.30. The highest BCUT2D eigenvalue weighted by molar-refractivity contribution is 7.20. The number of hydrogen-bond donors (Lipinski definition) is 2. The van der Waals surface area contributed by atoms with Gasteiger partial charge in [0.2, 0.25) is 5.91 Å². The Morgan fingerprint density at radius 2 is 1.96 bits per heavy atom. The van der Waals surface area contributed by atoms with Crippen LogP contribution in [0.25, 0.3) is 10.2 Å². The van der Waals surface area contributed by atoms with Crippen molar-refractivity contribution in [1.29, 1.82) is 0 Å². The summed E-state index contributed by atoms with van der Waals surface area (Å²) in [7, 11) is 0. The summed E-state index contributed by atoms with van der Waals surface area (Å²) in [4.78, 5) is 33.9. The summed E-state index contributed by atoms with van der Waals surface area (Å²) in [5.41, 5.74) is 0.768. The quantitative estimate of drug-likeness (QED) is 0.745. The highest BCUT2D eigenvalue weighted by Gasteiger charge is 2.21. The maximum absolute atomic E-state index is 12.1. The Morgan fingerprint density at radius 3 is 2.62 bits per heavy atom. The maximum Gasteiger partial charge on any atom is 0.348 e. The molecular formula is C16H22N4O3S. The molecule has 130 valence electrons. The van der Waals surface area contributed by atoms with Crippen molar-refractivity contribution in [2.75, 3.05) is 25.0 Å². The Hall–Kier alpha value is -2.22. The van der Waals surface area contributed by atoms with Crippen LogP contribution in [0.2, 0.25) is 0 Å². The van der Waals surface area contributed by atoms with E-state index >= 15 is 0 Å². The smallest absolute Gasteiger partial charge is 0.348 e. The minimum atomic E-state index is -0.359. The van der Waals surface area contributed by atoms with Gasteiger partial charge in [0.05, 0.1) is 18.5 Å². The second-order valence-electron chi connectivity index (χ2n) is 5.28. The standard InChI is InChI=1S/C16H22N4O3S/c1-5-7-17-11(21)8-18-14-12-9(3)13(16(22)23-6-2)24-15(12)20-10(4)19-14/h5-8H2,1-4H3,(H,17,21)(H,18,19,20). The van der Waals surface area contributed by atoms with Crippen LogP contribution in [0.15, 0.2) is 0 Å². The van der Waals surface area contributed by atoms with Crippen molar-refractivity contribution in [3.05, 3.63) is 16.3 Å². The van der Waals surface area contributed by atoms with Gasteiger partial charge in [-0.25, -0.2) is 14.8 Å². The number of anilines is 1. The molecule has 24 heavy (non-hydrogen) atoms. The van der Waals surface area contributed by atoms with Crippen molar-refractivity contribution in [3.63, 3.8) is 0 Å². The summed E-state index contributed by atoms with van der Waals surface area (Å²) in [5, 5.41) is 6.62. The van der Waals surface area contributed by atoms with Crippen LogP contribution in [0.3, 0.4) is 0 Å². The number of nitrogens with zero attached hydrogens (tertiary/aromatic N) is 2. The number of fused-ring (bicyclic) bond motifs is 1. The molecule has 0 aliphatic heterocycles. The molecule has 0 fully saturated rings. The zero-order valence-electron chi connectivity index (χ0n) is 14.4. The number of aromatic nitrogens is 2. The van der Waals surface area contributed by atoms with Crippen molar-refractivity contribution in [2.24, 2.45) is 0 Å². The number of carbonyl (C=O) groups is 2. The Balaban J connectivity index is 2.32. The van der Waals surface area contributed by atoms with E-state index in [2.05, 4.69) is 20.6 Å². The highest BCUT2D eigenvalue weighted by Crippen LogP contribution is 2.34. The maximum atomic E-state index is 12.1. The first kappa shape index (κ1) is 18.1. The number of nitrogens with one attached hydrogen (secondary N) is 2. The minimum absolute atomic E-state index is 0.0974. The first-order valence-electron chi connectivity index (χ1n) is 7.93. The van der Waals surface area contributed by atoms with Crippen LogP contribution in [-0.2, 0) is 9.53 Å². The van der Waals surface area contributed by atoms with Gasteiger partial charge in [0.1, 0.15) is 21.3 Å². The third-order valence-corrected chi connectivity index (χ3v) is 4.52. The topological polar surface area (TPSA) is 93.2 Å². The van der Waals surface area contributed by atoms with E-state index in [1.54, 1.807) is 13.8 Å². The van der Waals surface area contributed by atoms with Crippen LogP contribution in [0.4, 0.5) is 5.82 Å². The van der Waals surface area contributed by atoms with Gasteiger partial charge in [0.15, 0.2) is 0 Å². The van der Waals surface area contributed by atoms with E-state index in [1.807, 2.05) is 13.8 Å². The Morgan fingerprint density at radius 1 is 1.21 bits per heavy atom. The molecule has 2 rings (SSSR count). The lowest BCUT2D eigenvalue weighted by molar-refractivity contribution is -0.119. The van der Waals surface area contributed by atoms with Crippen molar-refractivity contribution >= 4 is 39.2 Å². The van der Waals surface area contributed by atoms with Crippen molar-refractivity contribution in [2.45, 2.75) is 34.1 Å². The largest absolute Gasteiger partial charge is 0.462 e. The van der Waals surface area contributed by atoms with E-state index in [0.29, 0.717) is 34.5 Å². The van der Waals surface area contributed by atoms with Crippen LogP contribution in [0.5, 0.6) is 0 Å². The molecule has 0 aromatic carbocycles. The molecule has 2 aromatic heterocycles. The third-order valence-electron chi connectivity index (χ3n) is 3.35. The van der Waals surface area contributed by atoms with Gasteiger partial charge in [0.25, 0.3) is 0 Å². The molecule has 0 bridgehead atoms. The molecule has 0 atom stereocenters. The molecular weight excluding hydrogens is 328 g/mol. The second kappa shape index (κ2) is 8.05. The van der Waals surface area contributed by atoms with Gasteiger partial charge in [-0.1, -0.05) is 6.92 Å². The SMILES string of the molecule is CCCNC(=O)CNc1nc(C)nc2sc(C(=O)OCC)c(C)c12. The summed E-state index contributed by atoms with van der Waals surface area (Å²) in [6, 6.07) is 0. The molecule has 0 spiro atoms. The molecule has 8 heteroatoms. The lowest BCUT2D eigenvalue weighted by Gasteiger charge is -2.09. The van der Waals surface area contributed by atoms with Gasteiger partial charge in [-0.2, -0.15) is 0 Å². The number of carbonyl (C=O) groups excluding carboxylic acids is 2. The number of rotatable bonds is 7. The van der Waals surface area contributed by atoms with Crippen LogP contribution in [0.1, 0.15) is 41.3 Å². The van der Waals surface area contributed by atoms with E-state index in [9.17, 15) is 9.59 Å². The predicted octanol–water partition coefficient (Wildman–Crippen LogP) is 2.42. The van der Waals surface area contributed by atoms with E-state index in [0.717, 1.165) is 17.4 Å². The summed E-state index contributed by atoms with van der Waals surface area (Å²) in [6.45, 7) is 8.47. The van der Waals surface area contributed by atoms with Gasteiger partial charge in [0, 0.05) is 6.54 Å². The molecule has 0 radical (unpaired) electrons. The number of amides is 1. The molecule has 7 nitrogen and oxygen atoms in total. The lowest BCUT2D eigenvalue weighted by atomic mass is 10.2. The molecule has 2 N–H and O–H groups in total. The van der Waals surface area contributed by atoms with E-state index in [4.69, 9.17) is 4.74 Å². The van der Waals surface area contributed by atoms with E-state index in [-0.39, 0.29) is 18.4 Å². The Bertz CT molecular complexity index is 757. The predicted molar refractivity (Wildman–Crippen MR) is 94.6 cm³/mol. The first-order valence-corrected chi connectivity index (χ1v) is 8.75. The van der Waals surface area contributed by atoms with Crippen molar-refractivity contribution in [1.82, 2.24) is 15.3 Å². The number of thiophene rings is 1. The zero-order chi connectivity index (χ0) is 17.7. The van der Waals surface area contributed by atoms with Gasteiger partial charge in [-0.15, -0.1) is 11.3 Å². The molecule has 0 unspecified atom stereocenters. The molecule has 0 saturated heterocycles. The van der Waals surface area contributed by atoms with Crippen molar-refractivity contribution < 1.29 is 14.3 Å². The summed E-state index contributed by atoms with van der Waals surface area (Å²) in [5.74, 6) is 0.686. The molecule has 2 heterocycles. The van der Waals surface area contributed by atoms with E-state index in [1.165, 1.54) is 11.3 Å². The fraction of sp³-hybridized carbons (Fsp3) is 0.500. The van der Waals surface area contributed by atoms with E-state index < -0.39 is 0 Å². The normalized spacial score (nSPS) is 10.7. The minimum Gasteiger partial charge on any atom is -0.462 e. The number of hydrogen-bond acceptors (Lipinski definition) is 7. The monoisotopic (exact) mass is 350 g/mol. The van der Waals surface area contributed by atoms with Crippen LogP contribution in [0, 0.1) is 13.8 Å². The summed E-state index contributed by atoms with van der Waals surface area (Å²) in [6.07, 6.45) is 0.884. The number of aryl methyl sites for hydroxylation is 2. The zero-order valence-corrected chi connectivity index (χ0v) is 15.2. The van der Waals surface area contributed by atoms with Gasteiger partial charge >= 0.3 is 5.97 Å². The van der Waals surface area contributed by atoms with Gasteiger partial charge in [-0.3, -0.25) is 4.79 Å². The fourth-order valence-electron chi connectivity index (χ4n) is 2.26. The molecule has 1 amide bonds. The van der Waals surface area contributed by atoms with Crippen molar-refractivity contribution in [3.8, 4) is 0 Å². The molecule has 0 aliphatic carbocycles. The average Bonchev–Trinajstić information content (AvgIpc) is 2.87. The van der Waals surface area contributed by atoms with Crippen LogP contribution >= 0.6 is 11.3 Å². The van der Waals surface area contributed by atoms with Gasteiger partial charge < -0.3 is 15.4 Å². The highest BCUT2D eigenvalue weighted by atomic mass is 32.1.